The largest absolute Gasteiger partial charge is 0.327 e. The van der Waals surface area contributed by atoms with Gasteiger partial charge in [-0.1, -0.05) is 0 Å². The molecule has 9 heavy (non-hydrogen) atoms. The predicted octanol–water partition coefficient (Wildman–Crippen LogP) is -0.105. The van der Waals surface area contributed by atoms with E-state index < -0.39 is 0 Å². The molecule has 1 saturated heterocycles. The van der Waals surface area contributed by atoms with Crippen molar-refractivity contribution in [2.24, 2.45) is 17.6 Å². The van der Waals surface area contributed by atoms with E-state index in [4.69, 9.17) is 5.73 Å². The summed E-state index contributed by atoms with van der Waals surface area (Å²) >= 11 is 0. The number of piperidine rings is 1. The van der Waals surface area contributed by atoms with Crippen molar-refractivity contribution in [1.82, 2.24) is 4.90 Å². The summed E-state index contributed by atoms with van der Waals surface area (Å²) in [6.07, 6.45) is 1.34. The zero-order valence-corrected chi connectivity index (χ0v) is 5.88. The second kappa shape index (κ2) is 1.70. The first-order valence-corrected chi connectivity index (χ1v) is 3.73. The molecule has 1 aliphatic carbocycles. The average Bonchev–Trinajstić information content (AvgIpc) is 2.43. The van der Waals surface area contributed by atoms with Gasteiger partial charge in [-0.05, 0) is 31.8 Å². The van der Waals surface area contributed by atoms with E-state index in [0.717, 1.165) is 11.8 Å². The molecular formula is C7H14N2. The number of fused-ring (bicyclic) bond motifs is 1. The van der Waals surface area contributed by atoms with Gasteiger partial charge in [0.15, 0.2) is 0 Å². The summed E-state index contributed by atoms with van der Waals surface area (Å²) in [5, 5.41) is 0. The van der Waals surface area contributed by atoms with Crippen LogP contribution in [0.25, 0.3) is 0 Å². The molecular weight excluding hydrogens is 112 g/mol. The molecule has 2 N–H and O–H groups in total. The normalized spacial score (nSPS) is 50.7. The average molecular weight is 126 g/mol. The monoisotopic (exact) mass is 126 g/mol. The summed E-state index contributed by atoms with van der Waals surface area (Å²) in [6.45, 7) is 2.50. The molecule has 0 amide bonds. The maximum Gasteiger partial charge on any atom is 0.0115 e. The first-order valence-electron chi connectivity index (χ1n) is 3.73. The van der Waals surface area contributed by atoms with Crippen molar-refractivity contribution in [3.05, 3.63) is 0 Å². The van der Waals surface area contributed by atoms with Crippen LogP contribution in [-0.4, -0.2) is 31.1 Å². The summed E-state index contributed by atoms with van der Waals surface area (Å²) in [5.74, 6) is 1.74. The molecule has 0 bridgehead atoms. The van der Waals surface area contributed by atoms with Crippen LogP contribution >= 0.6 is 0 Å². The highest BCUT2D eigenvalue weighted by molar-refractivity contribution is 5.04. The van der Waals surface area contributed by atoms with Gasteiger partial charge < -0.3 is 10.6 Å². The molecule has 3 unspecified atom stereocenters. The molecule has 2 aliphatic rings. The molecule has 0 spiro atoms. The van der Waals surface area contributed by atoms with Gasteiger partial charge in [0.25, 0.3) is 0 Å². The van der Waals surface area contributed by atoms with E-state index in [2.05, 4.69) is 11.9 Å². The van der Waals surface area contributed by atoms with Crippen molar-refractivity contribution in [1.29, 1.82) is 0 Å². The lowest BCUT2D eigenvalue weighted by Crippen LogP contribution is -2.27. The molecule has 0 aromatic rings. The van der Waals surface area contributed by atoms with Crippen LogP contribution in [0.3, 0.4) is 0 Å². The van der Waals surface area contributed by atoms with Crippen molar-refractivity contribution >= 4 is 0 Å². The predicted molar refractivity (Wildman–Crippen MR) is 37.1 cm³/mol. The molecule has 2 heteroatoms. The molecule has 1 heterocycles. The van der Waals surface area contributed by atoms with E-state index in [9.17, 15) is 0 Å². The zero-order chi connectivity index (χ0) is 6.43. The Hall–Kier alpha value is -0.0800. The second-order valence-corrected chi connectivity index (χ2v) is 3.46. The lowest BCUT2D eigenvalue weighted by Gasteiger charge is -2.19. The Morgan fingerprint density at radius 2 is 2.22 bits per heavy atom. The summed E-state index contributed by atoms with van der Waals surface area (Å²) in [4.78, 5) is 2.38. The van der Waals surface area contributed by atoms with Crippen LogP contribution in [0, 0.1) is 11.8 Å². The summed E-state index contributed by atoms with van der Waals surface area (Å²) in [6, 6.07) is 0.551. The maximum atomic E-state index is 5.81. The molecule has 1 aliphatic heterocycles. The zero-order valence-electron chi connectivity index (χ0n) is 5.88. The van der Waals surface area contributed by atoms with E-state index >= 15 is 0 Å². The highest BCUT2D eigenvalue weighted by atomic mass is 15.1. The van der Waals surface area contributed by atoms with Gasteiger partial charge in [-0.25, -0.2) is 0 Å². The number of likely N-dealkylation sites (tertiary alicyclic amines) is 1. The van der Waals surface area contributed by atoms with Crippen LogP contribution in [0.1, 0.15) is 6.42 Å². The summed E-state index contributed by atoms with van der Waals surface area (Å²) in [7, 11) is 2.18. The van der Waals surface area contributed by atoms with Crippen molar-refractivity contribution in [3.8, 4) is 0 Å². The van der Waals surface area contributed by atoms with Crippen LogP contribution in [0.15, 0.2) is 0 Å². The molecule has 3 atom stereocenters. The van der Waals surface area contributed by atoms with E-state index in [1.807, 2.05) is 0 Å². The van der Waals surface area contributed by atoms with Crippen molar-refractivity contribution < 1.29 is 0 Å². The highest BCUT2D eigenvalue weighted by Crippen LogP contribution is 2.43. The van der Waals surface area contributed by atoms with Gasteiger partial charge in [-0.3, -0.25) is 0 Å². The van der Waals surface area contributed by atoms with Gasteiger partial charge in [0.1, 0.15) is 0 Å². The number of nitrogens with two attached hydrogens (primary N) is 1. The Kier molecular flexibility index (Phi) is 1.08. The van der Waals surface area contributed by atoms with Gasteiger partial charge in [0, 0.05) is 12.6 Å². The summed E-state index contributed by atoms with van der Waals surface area (Å²) < 4.78 is 0. The van der Waals surface area contributed by atoms with Gasteiger partial charge in [0.2, 0.25) is 0 Å². The lowest BCUT2D eigenvalue weighted by atomic mass is 10.1. The smallest absolute Gasteiger partial charge is 0.0115 e. The Bertz CT molecular complexity index is 124. The minimum absolute atomic E-state index is 0.551. The molecule has 1 saturated carbocycles. The van der Waals surface area contributed by atoms with Crippen LogP contribution in [0.2, 0.25) is 0 Å². The van der Waals surface area contributed by atoms with Gasteiger partial charge >= 0.3 is 0 Å². The van der Waals surface area contributed by atoms with Crippen LogP contribution in [-0.2, 0) is 0 Å². The van der Waals surface area contributed by atoms with Crippen molar-refractivity contribution in [3.63, 3.8) is 0 Å². The molecule has 2 nitrogen and oxygen atoms in total. The van der Waals surface area contributed by atoms with Crippen LogP contribution < -0.4 is 5.73 Å². The van der Waals surface area contributed by atoms with Crippen molar-refractivity contribution in [2.45, 2.75) is 12.5 Å². The first-order chi connectivity index (χ1) is 4.29. The number of hydrogen-bond donors (Lipinski definition) is 1. The molecule has 0 aromatic heterocycles. The number of hydrogen-bond acceptors (Lipinski definition) is 2. The second-order valence-electron chi connectivity index (χ2n) is 3.46. The maximum absolute atomic E-state index is 5.81. The van der Waals surface area contributed by atoms with E-state index in [1.165, 1.54) is 19.5 Å². The topological polar surface area (TPSA) is 29.3 Å². The molecule has 2 rings (SSSR count). The molecule has 0 aromatic carbocycles. The van der Waals surface area contributed by atoms with Gasteiger partial charge in [0.05, 0.1) is 0 Å². The first kappa shape index (κ1) is 5.69. The van der Waals surface area contributed by atoms with Gasteiger partial charge in [-0.15, -0.1) is 0 Å². The lowest BCUT2D eigenvalue weighted by molar-refractivity contribution is 0.265. The fourth-order valence-corrected chi connectivity index (χ4v) is 1.96. The van der Waals surface area contributed by atoms with Crippen LogP contribution in [0.5, 0.6) is 0 Å². The Balaban J connectivity index is 1.96. The third-order valence-electron chi connectivity index (χ3n) is 2.76. The third kappa shape index (κ3) is 0.775. The minimum Gasteiger partial charge on any atom is -0.327 e. The SMILES string of the molecule is CN1CCC2C(N)C2C1. The number of rotatable bonds is 0. The fourth-order valence-electron chi connectivity index (χ4n) is 1.96. The van der Waals surface area contributed by atoms with Crippen molar-refractivity contribution in [2.75, 3.05) is 20.1 Å². The molecule has 0 radical (unpaired) electrons. The number of nitrogens with zero attached hydrogens (tertiary/aromatic N) is 1. The van der Waals surface area contributed by atoms with E-state index in [1.54, 1.807) is 0 Å². The fraction of sp³-hybridized carbons (Fsp3) is 1.00. The van der Waals surface area contributed by atoms with E-state index in [0.29, 0.717) is 6.04 Å². The molecule has 2 fully saturated rings. The minimum atomic E-state index is 0.551. The highest BCUT2D eigenvalue weighted by Gasteiger charge is 2.49. The standard InChI is InChI=1S/C7H14N2/c1-9-3-2-5-6(4-9)7(5)8/h5-7H,2-4,8H2,1H3. The quantitative estimate of drug-likeness (QED) is 0.491. The third-order valence-corrected chi connectivity index (χ3v) is 2.76. The summed E-state index contributed by atoms with van der Waals surface area (Å²) in [5.41, 5.74) is 5.81. The van der Waals surface area contributed by atoms with Gasteiger partial charge in [-0.2, -0.15) is 0 Å². The molecule has 52 valence electrons. The Morgan fingerprint density at radius 3 is 2.78 bits per heavy atom. The van der Waals surface area contributed by atoms with Crippen LogP contribution in [0.4, 0.5) is 0 Å². The van der Waals surface area contributed by atoms with E-state index in [-0.39, 0.29) is 0 Å². The Morgan fingerprint density at radius 1 is 1.44 bits per heavy atom. The Labute approximate surface area is 56.0 Å².